The Hall–Kier alpha value is -1.32. The van der Waals surface area contributed by atoms with Crippen LogP contribution in [0.25, 0.3) is 10.9 Å². The smallest absolute Gasteiger partial charge is 0.0525 e. The lowest BCUT2D eigenvalue weighted by Crippen LogP contribution is -2.22. The number of nitrogens with zero attached hydrogens (tertiary/aromatic N) is 1. The molecule has 0 fully saturated rings. The van der Waals surface area contributed by atoms with E-state index in [1.807, 2.05) is 0 Å². The molecule has 0 saturated carbocycles. The van der Waals surface area contributed by atoms with Gasteiger partial charge in [-0.2, -0.15) is 0 Å². The first-order valence-electron chi connectivity index (χ1n) is 7.13. The molecular weight excluding hydrogens is 236 g/mol. The van der Waals surface area contributed by atoms with E-state index in [0.29, 0.717) is 6.04 Å². The molecule has 0 aliphatic carbocycles. The van der Waals surface area contributed by atoms with E-state index in [2.05, 4.69) is 54.2 Å². The zero-order chi connectivity index (χ0) is 13.7. The van der Waals surface area contributed by atoms with Crippen LogP contribution >= 0.6 is 0 Å². The Kier molecular flexibility index (Phi) is 5.00. The highest BCUT2D eigenvalue weighted by molar-refractivity contribution is 5.83. The van der Waals surface area contributed by atoms with Crippen LogP contribution in [0, 0.1) is 0 Å². The molecule has 104 valence electrons. The lowest BCUT2D eigenvalue weighted by Gasteiger charge is -2.12. The van der Waals surface area contributed by atoms with Gasteiger partial charge in [0, 0.05) is 31.9 Å². The van der Waals surface area contributed by atoms with Gasteiger partial charge in [0.25, 0.3) is 0 Å². The maximum absolute atomic E-state index is 8.89. The van der Waals surface area contributed by atoms with E-state index in [0.717, 1.165) is 25.9 Å². The van der Waals surface area contributed by atoms with Gasteiger partial charge in [-0.3, -0.25) is 0 Å². The number of aliphatic hydroxyl groups is 1. The van der Waals surface area contributed by atoms with E-state index < -0.39 is 0 Å². The number of aryl methyl sites for hydroxylation is 1. The fraction of sp³-hybridized carbons (Fsp3) is 0.500. The molecule has 0 radical (unpaired) electrons. The Labute approximate surface area is 115 Å². The molecule has 0 bridgehead atoms. The molecule has 2 N–H and O–H groups in total. The first-order chi connectivity index (χ1) is 9.22. The van der Waals surface area contributed by atoms with Gasteiger partial charge in [-0.05, 0) is 29.9 Å². The Balaban J connectivity index is 2.22. The third-order valence-corrected chi connectivity index (χ3v) is 3.38. The van der Waals surface area contributed by atoms with Crippen LogP contribution in [0.4, 0.5) is 0 Å². The summed E-state index contributed by atoms with van der Waals surface area (Å²) in [5.41, 5.74) is 2.67. The van der Waals surface area contributed by atoms with Gasteiger partial charge in [0.1, 0.15) is 0 Å². The first-order valence-corrected chi connectivity index (χ1v) is 7.13. The Morgan fingerprint density at radius 3 is 2.79 bits per heavy atom. The topological polar surface area (TPSA) is 37.2 Å². The summed E-state index contributed by atoms with van der Waals surface area (Å²) < 4.78 is 2.31. The van der Waals surface area contributed by atoms with Crippen LogP contribution in [0.5, 0.6) is 0 Å². The number of fused-ring (bicyclic) bond motifs is 1. The van der Waals surface area contributed by atoms with Gasteiger partial charge in [0.05, 0.1) is 5.52 Å². The van der Waals surface area contributed by atoms with Crippen LogP contribution < -0.4 is 5.32 Å². The van der Waals surface area contributed by atoms with Crippen LogP contribution in [0.2, 0.25) is 0 Å². The molecule has 1 aromatic carbocycles. The molecule has 0 atom stereocenters. The average molecular weight is 260 g/mol. The molecule has 0 unspecified atom stereocenters. The van der Waals surface area contributed by atoms with E-state index in [4.69, 9.17) is 5.11 Å². The zero-order valence-corrected chi connectivity index (χ0v) is 11.9. The fourth-order valence-electron chi connectivity index (χ4n) is 2.38. The average Bonchev–Trinajstić information content (AvgIpc) is 2.81. The number of hydrogen-bond acceptors (Lipinski definition) is 2. The Morgan fingerprint density at radius 1 is 1.21 bits per heavy atom. The van der Waals surface area contributed by atoms with E-state index in [9.17, 15) is 0 Å². The molecule has 2 rings (SSSR count). The molecule has 19 heavy (non-hydrogen) atoms. The number of rotatable bonds is 7. The van der Waals surface area contributed by atoms with Crippen molar-refractivity contribution in [3.05, 3.63) is 36.0 Å². The number of nitrogens with one attached hydrogen (secondary N) is 1. The van der Waals surface area contributed by atoms with Crippen LogP contribution in [0.15, 0.2) is 30.5 Å². The number of hydrogen-bond donors (Lipinski definition) is 2. The zero-order valence-electron chi connectivity index (χ0n) is 11.9. The van der Waals surface area contributed by atoms with Crippen LogP contribution in [0.1, 0.15) is 32.3 Å². The fourth-order valence-corrected chi connectivity index (χ4v) is 2.38. The predicted molar refractivity (Wildman–Crippen MR) is 80.2 cm³/mol. The molecule has 3 heteroatoms. The number of aromatic nitrogens is 1. The number of unbranched alkanes of at least 4 members (excludes halogenated alkanes) is 1. The summed E-state index contributed by atoms with van der Waals surface area (Å²) in [7, 11) is 0. The van der Waals surface area contributed by atoms with Crippen molar-refractivity contribution in [2.75, 3.05) is 6.61 Å². The monoisotopic (exact) mass is 260 g/mol. The van der Waals surface area contributed by atoms with Gasteiger partial charge in [-0.15, -0.1) is 0 Å². The van der Waals surface area contributed by atoms with Crippen molar-refractivity contribution in [2.45, 2.75) is 45.8 Å². The highest BCUT2D eigenvalue weighted by Gasteiger charge is 2.06. The second kappa shape index (κ2) is 6.73. The van der Waals surface area contributed by atoms with Crippen molar-refractivity contribution in [2.24, 2.45) is 0 Å². The Morgan fingerprint density at radius 2 is 2.05 bits per heavy atom. The van der Waals surface area contributed by atoms with Gasteiger partial charge in [-0.25, -0.2) is 0 Å². The van der Waals surface area contributed by atoms with Crippen LogP contribution in [-0.2, 0) is 13.1 Å². The standard InChI is InChI=1S/C16H24N2O/c1-13(2)17-12-15-7-5-6-14-8-10-18(16(14)15)9-3-4-11-19/h5-8,10,13,17,19H,3-4,9,11-12H2,1-2H3. The van der Waals surface area contributed by atoms with Gasteiger partial charge >= 0.3 is 0 Å². The van der Waals surface area contributed by atoms with Crippen molar-refractivity contribution in [3.63, 3.8) is 0 Å². The minimum Gasteiger partial charge on any atom is -0.396 e. The number of aliphatic hydroxyl groups excluding tert-OH is 1. The first kappa shape index (κ1) is 14.1. The van der Waals surface area contributed by atoms with Gasteiger partial charge in [0.2, 0.25) is 0 Å². The Bertz CT molecular complexity index is 516. The van der Waals surface area contributed by atoms with E-state index in [-0.39, 0.29) is 6.61 Å². The number of para-hydroxylation sites is 1. The van der Waals surface area contributed by atoms with Gasteiger partial charge in [-0.1, -0.05) is 32.0 Å². The molecule has 0 spiro atoms. The molecule has 0 saturated heterocycles. The third-order valence-electron chi connectivity index (χ3n) is 3.38. The second-order valence-electron chi connectivity index (χ2n) is 5.33. The largest absolute Gasteiger partial charge is 0.396 e. The molecule has 0 aliphatic heterocycles. The normalized spacial score (nSPS) is 11.6. The van der Waals surface area contributed by atoms with Crippen molar-refractivity contribution in [1.29, 1.82) is 0 Å². The maximum atomic E-state index is 8.89. The molecular formula is C16H24N2O. The highest BCUT2D eigenvalue weighted by atomic mass is 16.2. The van der Waals surface area contributed by atoms with Crippen molar-refractivity contribution < 1.29 is 5.11 Å². The highest BCUT2D eigenvalue weighted by Crippen LogP contribution is 2.21. The van der Waals surface area contributed by atoms with Crippen LogP contribution in [0.3, 0.4) is 0 Å². The minimum atomic E-state index is 0.279. The van der Waals surface area contributed by atoms with E-state index in [1.165, 1.54) is 16.5 Å². The van der Waals surface area contributed by atoms with Crippen molar-refractivity contribution in [3.8, 4) is 0 Å². The summed E-state index contributed by atoms with van der Waals surface area (Å²) in [6.07, 6.45) is 4.04. The summed E-state index contributed by atoms with van der Waals surface area (Å²) in [4.78, 5) is 0. The SMILES string of the molecule is CC(C)NCc1cccc2ccn(CCCCO)c12. The van der Waals surface area contributed by atoms with E-state index in [1.54, 1.807) is 0 Å². The summed E-state index contributed by atoms with van der Waals surface area (Å²) in [6, 6.07) is 9.15. The number of benzene rings is 1. The lowest BCUT2D eigenvalue weighted by molar-refractivity contribution is 0.281. The van der Waals surface area contributed by atoms with Crippen LogP contribution in [-0.4, -0.2) is 22.3 Å². The van der Waals surface area contributed by atoms with Crippen molar-refractivity contribution in [1.82, 2.24) is 9.88 Å². The molecule has 2 aromatic rings. The van der Waals surface area contributed by atoms with Gasteiger partial charge in [0.15, 0.2) is 0 Å². The lowest BCUT2D eigenvalue weighted by atomic mass is 10.1. The summed E-state index contributed by atoms with van der Waals surface area (Å²) in [5, 5.41) is 13.7. The van der Waals surface area contributed by atoms with Gasteiger partial charge < -0.3 is 15.0 Å². The van der Waals surface area contributed by atoms with Crippen molar-refractivity contribution >= 4 is 10.9 Å². The molecule has 0 amide bonds. The summed E-state index contributed by atoms with van der Waals surface area (Å²) in [5.74, 6) is 0. The maximum Gasteiger partial charge on any atom is 0.0525 e. The van der Waals surface area contributed by atoms with E-state index >= 15 is 0 Å². The predicted octanol–water partition coefficient (Wildman–Crippen LogP) is 2.91. The minimum absolute atomic E-state index is 0.279. The molecule has 1 heterocycles. The molecule has 0 aliphatic rings. The molecule has 1 aromatic heterocycles. The summed E-state index contributed by atoms with van der Waals surface area (Å²) in [6.45, 7) is 6.49. The molecule has 3 nitrogen and oxygen atoms in total. The quantitative estimate of drug-likeness (QED) is 0.751. The summed E-state index contributed by atoms with van der Waals surface area (Å²) >= 11 is 0. The third kappa shape index (κ3) is 3.58. The second-order valence-corrected chi connectivity index (χ2v) is 5.33.